The SMILES string of the molecule is CCOC(=O)c1nc(Cl)ccc1-c1ccncc1. The van der Waals surface area contributed by atoms with Crippen LogP contribution in [0.25, 0.3) is 11.1 Å². The average molecular weight is 263 g/mol. The third kappa shape index (κ3) is 2.65. The molecule has 0 saturated heterocycles. The van der Waals surface area contributed by atoms with E-state index < -0.39 is 5.97 Å². The molecule has 0 unspecified atom stereocenters. The molecule has 0 saturated carbocycles. The topological polar surface area (TPSA) is 52.1 Å². The van der Waals surface area contributed by atoms with Crippen molar-refractivity contribution in [3.63, 3.8) is 0 Å². The molecule has 2 rings (SSSR count). The lowest BCUT2D eigenvalue weighted by atomic mass is 10.1. The minimum Gasteiger partial charge on any atom is -0.461 e. The monoisotopic (exact) mass is 262 g/mol. The molecule has 2 aromatic heterocycles. The van der Waals surface area contributed by atoms with Gasteiger partial charge in [-0.3, -0.25) is 4.98 Å². The normalized spacial score (nSPS) is 10.1. The van der Waals surface area contributed by atoms with Crippen LogP contribution in [0.3, 0.4) is 0 Å². The summed E-state index contributed by atoms with van der Waals surface area (Å²) in [7, 11) is 0. The lowest BCUT2D eigenvalue weighted by Gasteiger charge is -2.08. The van der Waals surface area contributed by atoms with Crippen molar-refractivity contribution in [2.45, 2.75) is 6.92 Å². The molecule has 18 heavy (non-hydrogen) atoms. The summed E-state index contributed by atoms with van der Waals surface area (Å²) in [6.45, 7) is 2.04. The van der Waals surface area contributed by atoms with E-state index in [0.717, 1.165) is 5.56 Å². The summed E-state index contributed by atoms with van der Waals surface area (Å²) in [5, 5.41) is 0.260. The molecule has 0 aliphatic heterocycles. The van der Waals surface area contributed by atoms with Gasteiger partial charge < -0.3 is 4.74 Å². The van der Waals surface area contributed by atoms with Gasteiger partial charge in [-0.05, 0) is 36.8 Å². The number of rotatable bonds is 3. The number of halogens is 1. The van der Waals surface area contributed by atoms with Gasteiger partial charge in [-0.1, -0.05) is 11.6 Å². The molecule has 0 bridgehead atoms. The fraction of sp³-hybridized carbons (Fsp3) is 0.154. The van der Waals surface area contributed by atoms with Crippen LogP contribution in [0, 0.1) is 0 Å². The molecule has 0 aliphatic rings. The Morgan fingerprint density at radius 2 is 2.00 bits per heavy atom. The Morgan fingerprint density at radius 1 is 1.28 bits per heavy atom. The van der Waals surface area contributed by atoms with Crippen LogP contribution in [0.5, 0.6) is 0 Å². The van der Waals surface area contributed by atoms with Crippen molar-refractivity contribution < 1.29 is 9.53 Å². The fourth-order valence-corrected chi connectivity index (χ4v) is 1.70. The van der Waals surface area contributed by atoms with E-state index in [9.17, 15) is 4.79 Å². The van der Waals surface area contributed by atoms with Crippen LogP contribution < -0.4 is 0 Å². The standard InChI is InChI=1S/C13H11ClN2O2/c1-2-18-13(17)12-10(3-4-11(14)16-12)9-5-7-15-8-6-9/h3-8H,2H2,1H3. The van der Waals surface area contributed by atoms with Crippen LogP contribution in [-0.4, -0.2) is 22.5 Å². The molecule has 2 aromatic rings. The van der Waals surface area contributed by atoms with Crippen molar-refractivity contribution in [1.82, 2.24) is 9.97 Å². The molecule has 0 aliphatic carbocycles. The van der Waals surface area contributed by atoms with Crippen molar-refractivity contribution in [3.05, 3.63) is 47.5 Å². The summed E-state index contributed by atoms with van der Waals surface area (Å²) in [6.07, 6.45) is 3.30. The van der Waals surface area contributed by atoms with Gasteiger partial charge in [0, 0.05) is 18.0 Å². The lowest BCUT2D eigenvalue weighted by molar-refractivity contribution is 0.0520. The van der Waals surface area contributed by atoms with E-state index >= 15 is 0 Å². The molecule has 2 heterocycles. The summed E-state index contributed by atoms with van der Waals surface area (Å²) in [4.78, 5) is 19.8. The first-order valence-electron chi connectivity index (χ1n) is 5.46. The molecule has 0 amide bonds. The zero-order chi connectivity index (χ0) is 13.0. The van der Waals surface area contributed by atoms with Gasteiger partial charge in [-0.25, -0.2) is 9.78 Å². The summed E-state index contributed by atoms with van der Waals surface area (Å²) in [6, 6.07) is 6.98. The van der Waals surface area contributed by atoms with Crippen molar-refractivity contribution >= 4 is 17.6 Å². The van der Waals surface area contributed by atoms with Crippen molar-refractivity contribution in [2.75, 3.05) is 6.61 Å². The van der Waals surface area contributed by atoms with E-state index in [1.165, 1.54) is 0 Å². The number of aromatic nitrogens is 2. The highest BCUT2D eigenvalue weighted by atomic mass is 35.5. The van der Waals surface area contributed by atoms with E-state index in [-0.39, 0.29) is 10.8 Å². The molecule has 0 atom stereocenters. The summed E-state index contributed by atoms with van der Waals surface area (Å²) in [5.41, 5.74) is 1.74. The van der Waals surface area contributed by atoms with E-state index in [4.69, 9.17) is 16.3 Å². The minimum absolute atomic E-state index is 0.218. The van der Waals surface area contributed by atoms with E-state index in [0.29, 0.717) is 12.2 Å². The van der Waals surface area contributed by atoms with Gasteiger partial charge in [0.15, 0.2) is 5.69 Å². The number of ether oxygens (including phenoxy) is 1. The first-order chi connectivity index (χ1) is 8.72. The number of nitrogens with zero attached hydrogens (tertiary/aromatic N) is 2. The second-order valence-electron chi connectivity index (χ2n) is 3.49. The first kappa shape index (κ1) is 12.5. The molecule has 4 nitrogen and oxygen atoms in total. The minimum atomic E-state index is -0.480. The zero-order valence-corrected chi connectivity index (χ0v) is 10.5. The Bertz CT molecular complexity index is 558. The predicted molar refractivity (Wildman–Crippen MR) is 68.4 cm³/mol. The van der Waals surface area contributed by atoms with Crippen molar-refractivity contribution in [2.24, 2.45) is 0 Å². The molecule has 0 aromatic carbocycles. The fourth-order valence-electron chi connectivity index (χ4n) is 1.55. The van der Waals surface area contributed by atoms with Crippen molar-refractivity contribution in [1.29, 1.82) is 0 Å². The van der Waals surface area contributed by atoms with Gasteiger partial charge in [0.25, 0.3) is 0 Å². The maximum absolute atomic E-state index is 11.8. The van der Waals surface area contributed by atoms with E-state index in [2.05, 4.69) is 9.97 Å². The molecular formula is C13H11ClN2O2. The summed E-state index contributed by atoms with van der Waals surface area (Å²) in [5.74, 6) is -0.480. The maximum atomic E-state index is 11.8. The highest BCUT2D eigenvalue weighted by Crippen LogP contribution is 2.24. The summed E-state index contributed by atoms with van der Waals surface area (Å²) >= 11 is 5.82. The Hall–Kier alpha value is -1.94. The van der Waals surface area contributed by atoms with Gasteiger partial charge >= 0.3 is 5.97 Å². The number of hydrogen-bond donors (Lipinski definition) is 0. The summed E-state index contributed by atoms with van der Waals surface area (Å²) < 4.78 is 4.97. The first-order valence-corrected chi connectivity index (χ1v) is 5.84. The van der Waals surface area contributed by atoms with Gasteiger partial charge in [0.2, 0.25) is 0 Å². The Morgan fingerprint density at radius 3 is 2.67 bits per heavy atom. The van der Waals surface area contributed by atoms with Crippen LogP contribution in [0.1, 0.15) is 17.4 Å². The highest BCUT2D eigenvalue weighted by molar-refractivity contribution is 6.29. The average Bonchev–Trinajstić information content (AvgIpc) is 2.40. The van der Waals surface area contributed by atoms with Gasteiger partial charge in [-0.15, -0.1) is 0 Å². The van der Waals surface area contributed by atoms with Gasteiger partial charge in [-0.2, -0.15) is 0 Å². The number of esters is 1. The molecule has 0 radical (unpaired) electrons. The van der Waals surface area contributed by atoms with E-state index in [1.807, 2.05) is 0 Å². The number of carbonyl (C=O) groups excluding carboxylic acids is 1. The third-order valence-electron chi connectivity index (χ3n) is 2.32. The highest BCUT2D eigenvalue weighted by Gasteiger charge is 2.16. The molecule has 5 heteroatoms. The van der Waals surface area contributed by atoms with Crippen LogP contribution in [0.4, 0.5) is 0 Å². The number of hydrogen-bond acceptors (Lipinski definition) is 4. The largest absolute Gasteiger partial charge is 0.461 e. The van der Waals surface area contributed by atoms with Gasteiger partial charge in [0.05, 0.1) is 6.61 Å². The number of carbonyl (C=O) groups is 1. The smallest absolute Gasteiger partial charge is 0.357 e. The quantitative estimate of drug-likeness (QED) is 0.630. The predicted octanol–water partition coefficient (Wildman–Crippen LogP) is 2.97. The third-order valence-corrected chi connectivity index (χ3v) is 2.53. The Kier molecular flexibility index (Phi) is 3.89. The lowest BCUT2D eigenvalue weighted by Crippen LogP contribution is -2.09. The van der Waals surface area contributed by atoms with Gasteiger partial charge in [0.1, 0.15) is 5.15 Å². The van der Waals surface area contributed by atoms with Crippen LogP contribution >= 0.6 is 11.6 Å². The number of pyridine rings is 2. The second-order valence-corrected chi connectivity index (χ2v) is 3.87. The molecule has 0 fully saturated rings. The van der Waals surface area contributed by atoms with Crippen molar-refractivity contribution in [3.8, 4) is 11.1 Å². The molecule has 0 spiro atoms. The van der Waals surface area contributed by atoms with E-state index in [1.54, 1.807) is 43.6 Å². The maximum Gasteiger partial charge on any atom is 0.357 e. The Labute approximate surface area is 110 Å². The molecular weight excluding hydrogens is 252 g/mol. The Balaban J connectivity index is 2.51. The van der Waals surface area contributed by atoms with Crippen LogP contribution in [0.15, 0.2) is 36.7 Å². The molecule has 92 valence electrons. The second kappa shape index (κ2) is 5.60. The zero-order valence-electron chi connectivity index (χ0n) is 9.76. The van der Waals surface area contributed by atoms with Crippen LogP contribution in [0.2, 0.25) is 5.15 Å². The van der Waals surface area contributed by atoms with Crippen LogP contribution in [-0.2, 0) is 4.74 Å². The molecule has 0 N–H and O–H groups in total.